The van der Waals surface area contributed by atoms with Gasteiger partial charge in [-0.25, -0.2) is 0 Å². The van der Waals surface area contributed by atoms with E-state index in [1.54, 1.807) is 0 Å². The predicted molar refractivity (Wildman–Crippen MR) is 68.8 cm³/mol. The molecule has 0 aliphatic heterocycles. The van der Waals surface area contributed by atoms with E-state index >= 15 is 0 Å². The molecule has 2 heterocycles. The number of aromatic nitrogens is 3. The van der Waals surface area contributed by atoms with Crippen LogP contribution < -0.4 is 5.73 Å². The molecule has 2 aromatic heterocycles. The van der Waals surface area contributed by atoms with Crippen LogP contribution in [0.2, 0.25) is 0 Å². The summed E-state index contributed by atoms with van der Waals surface area (Å²) in [6.45, 7) is 3.00. The molecule has 0 bridgehead atoms. The van der Waals surface area contributed by atoms with Crippen molar-refractivity contribution >= 4 is 5.65 Å². The van der Waals surface area contributed by atoms with Crippen molar-refractivity contribution in [3.8, 4) is 0 Å². The molecule has 0 amide bonds. The lowest BCUT2D eigenvalue weighted by Crippen LogP contribution is -2.09. The smallest absolute Gasteiger partial charge is 0.160 e. The summed E-state index contributed by atoms with van der Waals surface area (Å²) in [7, 11) is 0. The SMILES string of the molecule is CCC(CCN)CCc1nnc2ccccn12. The standard InChI is InChI=1S/C13H20N4/c1-2-11(8-9-14)6-7-13-16-15-12-5-3-4-10-17(12)13/h3-5,10-11H,2,6-9,14H2,1H3. The maximum absolute atomic E-state index is 5.61. The number of nitrogens with zero attached hydrogens (tertiary/aromatic N) is 3. The summed E-state index contributed by atoms with van der Waals surface area (Å²) in [5.41, 5.74) is 6.54. The Bertz CT molecular complexity index is 463. The van der Waals surface area contributed by atoms with Crippen LogP contribution in [0.25, 0.3) is 5.65 Å². The third-order valence-electron chi connectivity index (χ3n) is 3.31. The Kier molecular flexibility index (Phi) is 4.09. The quantitative estimate of drug-likeness (QED) is 0.829. The van der Waals surface area contributed by atoms with Crippen LogP contribution in [0.15, 0.2) is 24.4 Å². The highest BCUT2D eigenvalue weighted by Gasteiger charge is 2.09. The summed E-state index contributed by atoms with van der Waals surface area (Å²) in [5, 5.41) is 8.40. The van der Waals surface area contributed by atoms with E-state index in [0.29, 0.717) is 5.92 Å². The monoisotopic (exact) mass is 232 g/mol. The van der Waals surface area contributed by atoms with Crippen molar-refractivity contribution in [2.24, 2.45) is 11.7 Å². The van der Waals surface area contributed by atoms with Crippen LogP contribution >= 0.6 is 0 Å². The van der Waals surface area contributed by atoms with Crippen LogP contribution in [-0.2, 0) is 6.42 Å². The van der Waals surface area contributed by atoms with E-state index in [1.165, 1.54) is 6.42 Å². The van der Waals surface area contributed by atoms with Gasteiger partial charge in [-0.1, -0.05) is 19.4 Å². The predicted octanol–water partition coefficient (Wildman–Crippen LogP) is 2.04. The molecule has 2 N–H and O–H groups in total. The number of rotatable bonds is 6. The zero-order valence-electron chi connectivity index (χ0n) is 10.3. The molecule has 0 fully saturated rings. The van der Waals surface area contributed by atoms with Gasteiger partial charge in [0, 0.05) is 12.6 Å². The van der Waals surface area contributed by atoms with Crippen LogP contribution in [-0.4, -0.2) is 21.1 Å². The molecule has 17 heavy (non-hydrogen) atoms. The van der Waals surface area contributed by atoms with Gasteiger partial charge in [-0.2, -0.15) is 0 Å². The van der Waals surface area contributed by atoms with Crippen molar-refractivity contribution in [3.05, 3.63) is 30.2 Å². The molecule has 4 heteroatoms. The van der Waals surface area contributed by atoms with E-state index < -0.39 is 0 Å². The van der Waals surface area contributed by atoms with Gasteiger partial charge in [-0.15, -0.1) is 10.2 Å². The first-order chi connectivity index (χ1) is 8.35. The fourth-order valence-electron chi connectivity index (χ4n) is 2.18. The third kappa shape index (κ3) is 2.82. The Morgan fingerprint density at radius 2 is 2.18 bits per heavy atom. The van der Waals surface area contributed by atoms with Gasteiger partial charge in [-0.05, 0) is 37.4 Å². The minimum Gasteiger partial charge on any atom is -0.330 e. The molecule has 0 aliphatic carbocycles. The topological polar surface area (TPSA) is 56.2 Å². The van der Waals surface area contributed by atoms with E-state index in [-0.39, 0.29) is 0 Å². The number of nitrogens with two attached hydrogens (primary N) is 1. The van der Waals surface area contributed by atoms with Gasteiger partial charge in [0.2, 0.25) is 0 Å². The summed E-state index contributed by atoms with van der Waals surface area (Å²) < 4.78 is 2.06. The minimum absolute atomic E-state index is 0.705. The maximum Gasteiger partial charge on any atom is 0.160 e. The molecule has 1 atom stereocenters. The molecule has 1 unspecified atom stereocenters. The molecule has 4 nitrogen and oxygen atoms in total. The van der Waals surface area contributed by atoms with Gasteiger partial charge in [-0.3, -0.25) is 4.40 Å². The van der Waals surface area contributed by atoms with Gasteiger partial charge >= 0.3 is 0 Å². The zero-order chi connectivity index (χ0) is 12.1. The highest BCUT2D eigenvalue weighted by molar-refractivity contribution is 5.36. The van der Waals surface area contributed by atoms with Crippen LogP contribution in [0.5, 0.6) is 0 Å². The fraction of sp³-hybridized carbons (Fsp3) is 0.538. The summed E-state index contributed by atoms with van der Waals surface area (Å²) in [6, 6.07) is 5.97. The Hall–Kier alpha value is -1.42. The molecule has 2 rings (SSSR count). The molecular weight excluding hydrogens is 212 g/mol. The van der Waals surface area contributed by atoms with E-state index in [0.717, 1.165) is 37.3 Å². The summed E-state index contributed by atoms with van der Waals surface area (Å²) in [4.78, 5) is 0. The molecule has 0 saturated heterocycles. The molecular formula is C13H20N4. The minimum atomic E-state index is 0.705. The van der Waals surface area contributed by atoms with E-state index in [4.69, 9.17) is 5.73 Å². The zero-order valence-corrected chi connectivity index (χ0v) is 10.3. The number of pyridine rings is 1. The largest absolute Gasteiger partial charge is 0.330 e. The van der Waals surface area contributed by atoms with E-state index in [2.05, 4.69) is 21.5 Å². The Balaban J connectivity index is 2.03. The number of fused-ring (bicyclic) bond motifs is 1. The van der Waals surface area contributed by atoms with Crippen molar-refractivity contribution < 1.29 is 0 Å². The normalized spacial score (nSPS) is 13.1. The summed E-state index contributed by atoms with van der Waals surface area (Å²) in [5.74, 6) is 1.76. The molecule has 0 aromatic carbocycles. The van der Waals surface area contributed by atoms with Crippen molar-refractivity contribution in [3.63, 3.8) is 0 Å². The van der Waals surface area contributed by atoms with E-state index in [9.17, 15) is 0 Å². The summed E-state index contributed by atoms with van der Waals surface area (Å²) >= 11 is 0. The van der Waals surface area contributed by atoms with Gasteiger partial charge in [0.25, 0.3) is 0 Å². The van der Waals surface area contributed by atoms with Crippen LogP contribution in [0, 0.1) is 5.92 Å². The van der Waals surface area contributed by atoms with Crippen molar-refractivity contribution in [1.82, 2.24) is 14.6 Å². The molecule has 0 aliphatic rings. The highest BCUT2D eigenvalue weighted by Crippen LogP contribution is 2.15. The first-order valence-corrected chi connectivity index (χ1v) is 6.33. The molecule has 2 aromatic rings. The number of hydrogen-bond donors (Lipinski definition) is 1. The number of hydrogen-bond acceptors (Lipinski definition) is 3. The van der Waals surface area contributed by atoms with Crippen LogP contribution in [0.4, 0.5) is 0 Å². The lowest BCUT2D eigenvalue weighted by atomic mass is 9.96. The Labute approximate surface area is 102 Å². The second-order valence-corrected chi connectivity index (χ2v) is 4.44. The molecule has 0 radical (unpaired) electrons. The third-order valence-corrected chi connectivity index (χ3v) is 3.31. The maximum atomic E-state index is 5.61. The van der Waals surface area contributed by atoms with Crippen LogP contribution in [0.1, 0.15) is 32.0 Å². The fourth-order valence-corrected chi connectivity index (χ4v) is 2.18. The first kappa shape index (κ1) is 12.0. The first-order valence-electron chi connectivity index (χ1n) is 6.33. The lowest BCUT2D eigenvalue weighted by molar-refractivity contribution is 0.438. The second kappa shape index (κ2) is 5.77. The average molecular weight is 232 g/mol. The van der Waals surface area contributed by atoms with E-state index in [1.807, 2.05) is 24.4 Å². The second-order valence-electron chi connectivity index (χ2n) is 4.44. The lowest BCUT2D eigenvalue weighted by Gasteiger charge is -2.12. The van der Waals surface area contributed by atoms with Crippen LogP contribution in [0.3, 0.4) is 0 Å². The van der Waals surface area contributed by atoms with Gasteiger partial charge in [0.05, 0.1) is 0 Å². The Morgan fingerprint density at radius 1 is 1.29 bits per heavy atom. The van der Waals surface area contributed by atoms with Crippen molar-refractivity contribution in [2.45, 2.75) is 32.6 Å². The summed E-state index contributed by atoms with van der Waals surface area (Å²) in [6.07, 6.45) is 6.43. The average Bonchev–Trinajstić information content (AvgIpc) is 2.78. The van der Waals surface area contributed by atoms with Gasteiger partial charge in [0.15, 0.2) is 5.65 Å². The molecule has 92 valence electrons. The highest BCUT2D eigenvalue weighted by atomic mass is 15.2. The van der Waals surface area contributed by atoms with Gasteiger partial charge < -0.3 is 5.73 Å². The van der Waals surface area contributed by atoms with Crippen molar-refractivity contribution in [1.29, 1.82) is 0 Å². The van der Waals surface area contributed by atoms with Gasteiger partial charge in [0.1, 0.15) is 5.82 Å². The molecule has 0 spiro atoms. The van der Waals surface area contributed by atoms with Crippen molar-refractivity contribution in [2.75, 3.05) is 6.54 Å². The molecule has 0 saturated carbocycles. The number of aryl methyl sites for hydroxylation is 1. The Morgan fingerprint density at radius 3 is 2.94 bits per heavy atom.